The number of fused-ring (bicyclic) bond motifs is 1. The van der Waals surface area contributed by atoms with Gasteiger partial charge in [0.15, 0.2) is 0 Å². The average Bonchev–Trinajstić information content (AvgIpc) is 2.93. The van der Waals surface area contributed by atoms with Crippen molar-refractivity contribution in [1.82, 2.24) is 10.2 Å². The van der Waals surface area contributed by atoms with E-state index in [0.717, 1.165) is 0 Å². The summed E-state index contributed by atoms with van der Waals surface area (Å²) in [6.07, 6.45) is 1.81. The lowest BCUT2D eigenvalue weighted by molar-refractivity contribution is -0.143. The minimum atomic E-state index is -1.39. The third kappa shape index (κ3) is 2.98. The van der Waals surface area contributed by atoms with Gasteiger partial charge in [0.2, 0.25) is 5.91 Å². The summed E-state index contributed by atoms with van der Waals surface area (Å²) < 4.78 is 0. The smallest absolute Gasteiger partial charge is 0.451 e. The molecular formula is C13H24BN3O5. The lowest BCUT2D eigenvalue weighted by Crippen LogP contribution is -2.49. The zero-order chi connectivity index (χ0) is 16.5. The lowest BCUT2D eigenvalue weighted by Gasteiger charge is -2.34. The standard InChI is InChI=1S/C13H24BN3O5/c1-8(15)11(18)17-6-4-13(3-2-5-14(21)22)9(17)7-16-10(13)12(19)20/h8-10,16,21-22H,2-7,15H2,1H3,(H,19,20)/t8-,9-,10+,13-/m0/s1. The first-order valence-corrected chi connectivity index (χ1v) is 7.68. The van der Waals surface area contributed by atoms with Gasteiger partial charge in [0.25, 0.3) is 0 Å². The fourth-order valence-corrected chi connectivity index (χ4v) is 3.95. The summed E-state index contributed by atoms with van der Waals surface area (Å²) in [5.41, 5.74) is 5.12. The molecular weight excluding hydrogens is 289 g/mol. The SMILES string of the molecule is C[C@H](N)C(=O)N1CC[C@]2(CCCB(O)O)[C@@H](C(=O)O)NC[C@H]12. The predicted octanol–water partition coefficient (Wildman–Crippen LogP) is -1.77. The summed E-state index contributed by atoms with van der Waals surface area (Å²) >= 11 is 0. The molecule has 2 rings (SSSR count). The van der Waals surface area contributed by atoms with Gasteiger partial charge in [-0.15, -0.1) is 0 Å². The van der Waals surface area contributed by atoms with Crippen molar-refractivity contribution in [2.24, 2.45) is 11.1 Å². The number of aliphatic carboxylic acids is 1. The monoisotopic (exact) mass is 313 g/mol. The van der Waals surface area contributed by atoms with Crippen molar-refractivity contribution in [2.45, 2.75) is 50.6 Å². The maximum atomic E-state index is 12.2. The summed E-state index contributed by atoms with van der Waals surface area (Å²) in [4.78, 5) is 25.5. The van der Waals surface area contributed by atoms with E-state index >= 15 is 0 Å². The average molecular weight is 313 g/mol. The lowest BCUT2D eigenvalue weighted by atomic mass is 9.70. The number of nitrogens with zero attached hydrogens (tertiary/aromatic N) is 1. The van der Waals surface area contributed by atoms with Crippen molar-refractivity contribution < 1.29 is 24.7 Å². The number of nitrogens with one attached hydrogen (secondary N) is 1. The van der Waals surface area contributed by atoms with Crippen molar-refractivity contribution in [3.8, 4) is 0 Å². The third-order valence-corrected chi connectivity index (χ3v) is 4.97. The molecule has 0 aromatic rings. The van der Waals surface area contributed by atoms with Gasteiger partial charge in [0, 0.05) is 18.5 Å². The quantitative estimate of drug-likeness (QED) is 0.366. The van der Waals surface area contributed by atoms with Crippen molar-refractivity contribution in [3.63, 3.8) is 0 Å². The minimum absolute atomic E-state index is 0.165. The largest absolute Gasteiger partial charge is 0.480 e. The molecule has 2 fully saturated rings. The highest BCUT2D eigenvalue weighted by Gasteiger charge is 2.59. The van der Waals surface area contributed by atoms with Crippen LogP contribution >= 0.6 is 0 Å². The van der Waals surface area contributed by atoms with E-state index in [1.54, 1.807) is 11.8 Å². The first kappa shape index (κ1) is 17.2. The highest BCUT2D eigenvalue weighted by molar-refractivity contribution is 6.40. The molecule has 2 aliphatic heterocycles. The number of carbonyl (C=O) groups is 2. The van der Waals surface area contributed by atoms with Crippen LogP contribution in [0.5, 0.6) is 0 Å². The van der Waals surface area contributed by atoms with E-state index in [9.17, 15) is 14.7 Å². The second-order valence-corrected chi connectivity index (χ2v) is 6.37. The molecule has 0 saturated carbocycles. The van der Waals surface area contributed by atoms with Crippen LogP contribution in [0, 0.1) is 5.41 Å². The van der Waals surface area contributed by atoms with Gasteiger partial charge in [-0.2, -0.15) is 0 Å². The van der Waals surface area contributed by atoms with Crippen LogP contribution in [-0.4, -0.2) is 70.3 Å². The van der Waals surface area contributed by atoms with E-state index in [1.807, 2.05) is 0 Å². The maximum absolute atomic E-state index is 12.2. The Labute approximate surface area is 129 Å². The van der Waals surface area contributed by atoms with Crippen molar-refractivity contribution in [2.75, 3.05) is 13.1 Å². The molecule has 124 valence electrons. The van der Waals surface area contributed by atoms with Gasteiger partial charge < -0.3 is 31.1 Å². The summed E-state index contributed by atoms with van der Waals surface area (Å²) in [6.45, 7) is 2.55. The van der Waals surface area contributed by atoms with E-state index in [0.29, 0.717) is 32.4 Å². The molecule has 22 heavy (non-hydrogen) atoms. The number of hydrogen-bond acceptors (Lipinski definition) is 6. The van der Waals surface area contributed by atoms with Crippen LogP contribution in [-0.2, 0) is 9.59 Å². The molecule has 0 radical (unpaired) electrons. The van der Waals surface area contributed by atoms with Crippen molar-refractivity contribution in [3.05, 3.63) is 0 Å². The topological polar surface area (TPSA) is 136 Å². The predicted molar refractivity (Wildman–Crippen MR) is 79.9 cm³/mol. The van der Waals surface area contributed by atoms with Crippen LogP contribution in [0.1, 0.15) is 26.2 Å². The minimum Gasteiger partial charge on any atom is -0.480 e. The Morgan fingerprint density at radius 1 is 1.50 bits per heavy atom. The molecule has 0 spiro atoms. The van der Waals surface area contributed by atoms with Gasteiger partial charge in [-0.05, 0) is 26.1 Å². The van der Waals surface area contributed by atoms with E-state index < -0.39 is 30.6 Å². The highest BCUT2D eigenvalue weighted by Crippen LogP contribution is 2.47. The number of carboxylic acid groups (broad SMARTS) is 1. The van der Waals surface area contributed by atoms with E-state index in [1.165, 1.54) is 0 Å². The van der Waals surface area contributed by atoms with Crippen LogP contribution in [0.3, 0.4) is 0 Å². The van der Waals surface area contributed by atoms with Gasteiger partial charge >= 0.3 is 13.1 Å². The number of hydrogen-bond donors (Lipinski definition) is 5. The molecule has 0 aliphatic carbocycles. The van der Waals surface area contributed by atoms with Gasteiger partial charge in [-0.25, -0.2) is 0 Å². The van der Waals surface area contributed by atoms with Gasteiger partial charge in [0.05, 0.1) is 12.1 Å². The Balaban J connectivity index is 2.19. The van der Waals surface area contributed by atoms with Gasteiger partial charge in [0.1, 0.15) is 6.04 Å². The zero-order valence-electron chi connectivity index (χ0n) is 12.7. The number of rotatable bonds is 6. The molecule has 8 nitrogen and oxygen atoms in total. The molecule has 6 N–H and O–H groups in total. The Morgan fingerprint density at radius 3 is 2.73 bits per heavy atom. The number of nitrogens with two attached hydrogens (primary N) is 1. The fourth-order valence-electron chi connectivity index (χ4n) is 3.95. The van der Waals surface area contributed by atoms with E-state index in [4.69, 9.17) is 15.8 Å². The Kier molecular flexibility index (Phi) is 5.11. The second kappa shape index (κ2) is 6.53. The van der Waals surface area contributed by atoms with Crippen LogP contribution in [0.15, 0.2) is 0 Å². The van der Waals surface area contributed by atoms with Crippen LogP contribution in [0.4, 0.5) is 0 Å². The van der Waals surface area contributed by atoms with E-state index in [2.05, 4.69) is 5.32 Å². The fraction of sp³-hybridized carbons (Fsp3) is 0.846. The molecule has 0 bridgehead atoms. The molecule has 9 heteroatoms. The summed E-state index contributed by atoms with van der Waals surface area (Å²) in [7, 11) is -1.39. The number of likely N-dealkylation sites (tertiary alicyclic amines) is 1. The molecule has 0 unspecified atom stereocenters. The molecule has 0 aromatic heterocycles. The number of carbonyl (C=O) groups excluding carboxylic acids is 1. The normalized spacial score (nSPS) is 31.9. The van der Waals surface area contributed by atoms with Crippen molar-refractivity contribution >= 4 is 19.0 Å². The summed E-state index contributed by atoms with van der Waals surface area (Å²) in [5.74, 6) is -1.09. The first-order valence-electron chi connectivity index (χ1n) is 7.68. The van der Waals surface area contributed by atoms with Gasteiger partial charge in [-0.1, -0.05) is 6.42 Å². The number of carboxylic acids is 1. The molecule has 1 amide bonds. The van der Waals surface area contributed by atoms with Crippen LogP contribution in [0.25, 0.3) is 0 Å². The number of amides is 1. The van der Waals surface area contributed by atoms with E-state index in [-0.39, 0.29) is 18.3 Å². The summed E-state index contributed by atoms with van der Waals surface area (Å²) in [5, 5.41) is 30.5. The third-order valence-electron chi connectivity index (χ3n) is 4.97. The first-order chi connectivity index (χ1) is 10.3. The molecule has 2 heterocycles. The second-order valence-electron chi connectivity index (χ2n) is 6.37. The maximum Gasteiger partial charge on any atom is 0.451 e. The van der Waals surface area contributed by atoms with Gasteiger partial charge in [-0.3, -0.25) is 9.59 Å². The Morgan fingerprint density at radius 2 is 2.18 bits per heavy atom. The van der Waals surface area contributed by atoms with Crippen molar-refractivity contribution in [1.29, 1.82) is 0 Å². The molecule has 2 aliphatic rings. The van der Waals surface area contributed by atoms with Crippen LogP contribution < -0.4 is 11.1 Å². The Hall–Kier alpha value is -1.16. The molecule has 0 aromatic carbocycles. The molecule has 2 saturated heterocycles. The summed E-state index contributed by atoms with van der Waals surface area (Å²) in [6, 6.07) is -1.54. The molecule has 4 atom stereocenters. The zero-order valence-corrected chi connectivity index (χ0v) is 12.7. The Bertz CT molecular complexity index is 447. The van der Waals surface area contributed by atoms with Crippen LogP contribution in [0.2, 0.25) is 6.32 Å². The highest BCUT2D eigenvalue weighted by atomic mass is 16.4.